The molecule has 168 valence electrons. The Morgan fingerprint density at radius 2 is 1.76 bits per heavy atom. The molecule has 2 unspecified atom stereocenters. The zero-order valence-corrected chi connectivity index (χ0v) is 19.2. The molecule has 1 aliphatic heterocycles. The zero-order valence-electron chi connectivity index (χ0n) is 18.4. The van der Waals surface area contributed by atoms with Crippen LogP contribution in [0.25, 0.3) is 6.08 Å². The lowest BCUT2D eigenvalue weighted by Crippen LogP contribution is -2.28. The summed E-state index contributed by atoms with van der Waals surface area (Å²) >= 11 is 1.34. The number of carbonyl (C=O) groups is 1. The number of fused-ring (bicyclic) bond motifs is 1. The predicted octanol–water partition coefficient (Wildman–Crippen LogP) is 6.73. The maximum Gasteiger partial charge on any atom is 0.207 e. The van der Waals surface area contributed by atoms with Crippen LogP contribution >= 0.6 is 11.3 Å². The van der Waals surface area contributed by atoms with Crippen LogP contribution in [0.4, 0.5) is 13.9 Å². The summed E-state index contributed by atoms with van der Waals surface area (Å²) in [5, 5.41) is 7.59. The minimum atomic E-state index is -0.283. The van der Waals surface area contributed by atoms with Gasteiger partial charge in [0.25, 0.3) is 0 Å². The monoisotopic (exact) mass is 463 g/mol. The van der Waals surface area contributed by atoms with Crippen molar-refractivity contribution >= 4 is 34.0 Å². The number of aryl methyl sites for hydroxylation is 1. The van der Waals surface area contributed by atoms with Crippen molar-refractivity contribution in [2.24, 2.45) is 11.0 Å². The third-order valence-corrected chi connectivity index (χ3v) is 7.47. The molecule has 0 bridgehead atoms. The second kappa shape index (κ2) is 8.63. The summed E-state index contributed by atoms with van der Waals surface area (Å²) in [5.74, 6) is -0.453. The van der Waals surface area contributed by atoms with E-state index in [4.69, 9.17) is 5.10 Å². The maximum absolute atomic E-state index is 13.7. The van der Waals surface area contributed by atoms with Gasteiger partial charge in [-0.3, -0.25) is 4.79 Å². The Balaban J connectivity index is 1.60. The van der Waals surface area contributed by atoms with Crippen molar-refractivity contribution in [1.82, 2.24) is 4.98 Å². The second-order valence-electron chi connectivity index (χ2n) is 8.51. The molecule has 2 atom stereocenters. The van der Waals surface area contributed by atoms with Gasteiger partial charge in [0, 0.05) is 12.8 Å². The molecule has 0 saturated heterocycles. The van der Waals surface area contributed by atoms with E-state index in [0.717, 1.165) is 41.7 Å². The van der Waals surface area contributed by atoms with Crippen LogP contribution in [0.1, 0.15) is 58.7 Å². The molecule has 2 heterocycles. The first-order valence-corrected chi connectivity index (χ1v) is 11.8. The van der Waals surface area contributed by atoms with Crippen molar-refractivity contribution in [3.8, 4) is 0 Å². The Labute approximate surface area is 195 Å². The number of halogens is 2. The van der Waals surface area contributed by atoms with E-state index in [0.29, 0.717) is 15.7 Å². The molecular weight excluding hydrogens is 440 g/mol. The van der Waals surface area contributed by atoms with Gasteiger partial charge in [-0.15, -0.1) is 0 Å². The summed E-state index contributed by atoms with van der Waals surface area (Å²) in [6.45, 7) is 3.38. The van der Waals surface area contributed by atoms with Crippen molar-refractivity contribution < 1.29 is 13.6 Å². The topological polar surface area (TPSA) is 45.6 Å². The number of benzene rings is 2. The van der Waals surface area contributed by atoms with Gasteiger partial charge in [0.2, 0.25) is 5.13 Å². The molecule has 2 aliphatic rings. The van der Waals surface area contributed by atoms with Crippen LogP contribution in [-0.4, -0.2) is 16.5 Å². The molecule has 0 amide bonds. The Bertz CT molecular complexity index is 1260. The molecule has 1 fully saturated rings. The van der Waals surface area contributed by atoms with Crippen LogP contribution in [-0.2, 0) is 0 Å². The third-order valence-electron chi connectivity index (χ3n) is 6.23. The lowest BCUT2D eigenvalue weighted by atomic mass is 9.77. The van der Waals surface area contributed by atoms with E-state index in [-0.39, 0.29) is 29.4 Å². The molecule has 1 aromatic heterocycles. The van der Waals surface area contributed by atoms with Crippen LogP contribution < -0.4 is 5.01 Å². The summed E-state index contributed by atoms with van der Waals surface area (Å²) in [6, 6.07) is 12.8. The minimum Gasteiger partial charge on any atom is -0.294 e. The van der Waals surface area contributed by atoms with Crippen LogP contribution in [0.15, 0.2) is 59.2 Å². The molecule has 0 spiro atoms. The fourth-order valence-electron chi connectivity index (χ4n) is 4.72. The van der Waals surface area contributed by atoms with Crippen LogP contribution in [0.2, 0.25) is 0 Å². The van der Waals surface area contributed by atoms with Gasteiger partial charge in [-0.25, -0.2) is 18.8 Å². The molecule has 7 heteroatoms. The number of Topliss-reactive ketones (excluding diaryl/α,β-unsaturated/α-hetero) is 1. The molecule has 0 N–H and O–H groups in total. The molecule has 33 heavy (non-hydrogen) atoms. The van der Waals surface area contributed by atoms with Crippen molar-refractivity contribution in [1.29, 1.82) is 0 Å². The number of hydrazone groups is 1. The lowest BCUT2D eigenvalue weighted by Gasteiger charge is -2.29. The van der Waals surface area contributed by atoms with Crippen LogP contribution in [0, 0.1) is 24.5 Å². The number of aromatic nitrogens is 1. The molecule has 1 aliphatic carbocycles. The number of allylic oxidation sites excluding steroid dienone is 1. The zero-order chi connectivity index (χ0) is 23.1. The quantitative estimate of drug-likeness (QED) is 0.403. The number of ketones is 1. The average Bonchev–Trinajstić information content (AvgIpc) is 3.37. The lowest BCUT2D eigenvalue weighted by molar-refractivity contribution is 0.102. The van der Waals surface area contributed by atoms with Crippen LogP contribution in [0.3, 0.4) is 0 Å². The smallest absolute Gasteiger partial charge is 0.207 e. The van der Waals surface area contributed by atoms with E-state index in [1.807, 2.05) is 11.9 Å². The molecule has 1 saturated carbocycles. The highest BCUT2D eigenvalue weighted by atomic mass is 32.1. The normalized spacial score (nSPS) is 21.3. The van der Waals surface area contributed by atoms with Gasteiger partial charge in [0.1, 0.15) is 11.6 Å². The summed E-state index contributed by atoms with van der Waals surface area (Å²) in [4.78, 5) is 17.3. The highest BCUT2D eigenvalue weighted by molar-refractivity contribution is 7.17. The molecule has 0 radical (unpaired) electrons. The van der Waals surface area contributed by atoms with Gasteiger partial charge in [-0.1, -0.05) is 35.6 Å². The van der Waals surface area contributed by atoms with Gasteiger partial charge >= 0.3 is 0 Å². The number of nitrogens with zero attached hydrogens (tertiary/aromatic N) is 3. The maximum atomic E-state index is 13.7. The molecule has 3 aromatic rings. The predicted molar refractivity (Wildman–Crippen MR) is 128 cm³/mol. The molecule has 4 nitrogen and oxygen atoms in total. The van der Waals surface area contributed by atoms with Crippen molar-refractivity contribution in [2.75, 3.05) is 5.01 Å². The third kappa shape index (κ3) is 4.13. The fourth-order valence-corrected chi connectivity index (χ4v) is 5.67. The first-order valence-electron chi connectivity index (χ1n) is 11.0. The summed E-state index contributed by atoms with van der Waals surface area (Å²) in [5.41, 5.74) is 4.68. The first-order chi connectivity index (χ1) is 15.9. The van der Waals surface area contributed by atoms with E-state index in [9.17, 15) is 13.6 Å². The van der Waals surface area contributed by atoms with Gasteiger partial charge in [-0.2, -0.15) is 5.10 Å². The average molecular weight is 464 g/mol. The largest absolute Gasteiger partial charge is 0.294 e. The van der Waals surface area contributed by atoms with E-state index in [2.05, 4.69) is 11.1 Å². The van der Waals surface area contributed by atoms with E-state index in [1.165, 1.54) is 35.6 Å². The summed E-state index contributed by atoms with van der Waals surface area (Å²) in [7, 11) is 0. The molecular formula is C26H23F2N3OS. The van der Waals surface area contributed by atoms with E-state index in [1.54, 1.807) is 31.2 Å². The second-order valence-corrected chi connectivity index (χ2v) is 9.49. The van der Waals surface area contributed by atoms with Gasteiger partial charge < -0.3 is 0 Å². The molecule has 5 rings (SSSR count). The van der Waals surface area contributed by atoms with Crippen molar-refractivity contribution in [2.45, 2.75) is 39.2 Å². The van der Waals surface area contributed by atoms with Crippen molar-refractivity contribution in [3.05, 3.63) is 87.4 Å². The highest BCUT2D eigenvalue weighted by Crippen LogP contribution is 2.47. The summed E-state index contributed by atoms with van der Waals surface area (Å²) in [6.07, 6.45) is 4.90. The minimum absolute atomic E-state index is 0.0178. The molecule has 2 aromatic carbocycles. The number of hydrogen-bond donors (Lipinski definition) is 0. The number of anilines is 1. The number of thiazole rings is 1. The van der Waals surface area contributed by atoms with E-state index < -0.39 is 0 Å². The highest BCUT2D eigenvalue weighted by Gasteiger charge is 2.43. The number of carbonyl (C=O) groups excluding carboxylic acids is 1. The summed E-state index contributed by atoms with van der Waals surface area (Å²) < 4.78 is 27.0. The van der Waals surface area contributed by atoms with E-state index >= 15 is 0 Å². The Morgan fingerprint density at radius 3 is 2.39 bits per heavy atom. The SMILES string of the molecule is CC(=O)c1sc(N2N=C3C(=Cc4ccc(F)cc4)CCCC3C2c2ccc(F)cc2)nc1C. The van der Waals surface area contributed by atoms with Crippen LogP contribution in [0.5, 0.6) is 0 Å². The van der Waals surface area contributed by atoms with Crippen molar-refractivity contribution in [3.63, 3.8) is 0 Å². The first kappa shape index (κ1) is 21.6. The van der Waals surface area contributed by atoms with Gasteiger partial charge in [0.15, 0.2) is 5.78 Å². The Kier molecular flexibility index (Phi) is 5.66. The van der Waals surface area contributed by atoms with Gasteiger partial charge in [0.05, 0.1) is 22.3 Å². The fraction of sp³-hybridized carbons (Fsp3) is 0.269. The Hall–Kier alpha value is -3.19. The number of rotatable bonds is 4. The number of hydrogen-bond acceptors (Lipinski definition) is 5. The Morgan fingerprint density at radius 1 is 1.09 bits per heavy atom. The van der Waals surface area contributed by atoms with Gasteiger partial charge in [-0.05, 0) is 73.2 Å². The standard InChI is InChI=1S/C26H23F2N3OS/c1-15-25(16(2)32)33-26(29-15)31-24(18-8-12-21(28)13-9-18)22-5-3-4-19(23(22)30-31)14-17-6-10-20(27)11-7-17/h6-14,22,24H,3-5H2,1-2H3.